The minimum absolute atomic E-state index is 0.425. The van der Waals surface area contributed by atoms with Gasteiger partial charge in [-0.05, 0) is 62.1 Å². The van der Waals surface area contributed by atoms with E-state index in [1.165, 1.54) is 18.9 Å². The SMILES string of the molecule is CC1CCN(c2ccc(N[C@H](C)C(=O)Nc3c(F)cccc3F)cc2)CC1. The van der Waals surface area contributed by atoms with Gasteiger partial charge in [0.1, 0.15) is 23.4 Å². The lowest BCUT2D eigenvalue weighted by Gasteiger charge is -2.32. The fourth-order valence-electron chi connectivity index (χ4n) is 3.20. The highest BCUT2D eigenvalue weighted by Crippen LogP contribution is 2.24. The third-order valence-corrected chi connectivity index (χ3v) is 5.00. The quantitative estimate of drug-likeness (QED) is 0.802. The van der Waals surface area contributed by atoms with Crippen molar-refractivity contribution < 1.29 is 13.6 Å². The molecule has 6 heteroatoms. The monoisotopic (exact) mass is 373 g/mol. The zero-order chi connectivity index (χ0) is 19.4. The van der Waals surface area contributed by atoms with E-state index in [4.69, 9.17) is 0 Å². The summed E-state index contributed by atoms with van der Waals surface area (Å²) < 4.78 is 27.3. The van der Waals surface area contributed by atoms with Crippen molar-refractivity contribution >= 4 is 23.0 Å². The van der Waals surface area contributed by atoms with Gasteiger partial charge in [-0.25, -0.2) is 8.78 Å². The normalized spacial score (nSPS) is 16.1. The number of hydrogen-bond acceptors (Lipinski definition) is 3. The number of hydrogen-bond donors (Lipinski definition) is 2. The predicted molar refractivity (Wildman–Crippen MR) is 105 cm³/mol. The molecule has 2 N–H and O–H groups in total. The van der Waals surface area contributed by atoms with Gasteiger partial charge in [-0.15, -0.1) is 0 Å². The van der Waals surface area contributed by atoms with Crippen LogP contribution < -0.4 is 15.5 Å². The molecule has 1 aliphatic heterocycles. The van der Waals surface area contributed by atoms with Crippen molar-refractivity contribution in [3.05, 3.63) is 54.1 Å². The molecule has 144 valence electrons. The Bertz CT molecular complexity index is 766. The molecule has 0 aliphatic carbocycles. The van der Waals surface area contributed by atoms with Crippen LogP contribution in [0.25, 0.3) is 0 Å². The first kappa shape index (κ1) is 19.1. The fourth-order valence-corrected chi connectivity index (χ4v) is 3.20. The van der Waals surface area contributed by atoms with Crippen molar-refractivity contribution in [2.24, 2.45) is 5.92 Å². The first-order valence-corrected chi connectivity index (χ1v) is 9.30. The Kier molecular flexibility index (Phi) is 5.94. The number of carbonyl (C=O) groups is 1. The van der Waals surface area contributed by atoms with Crippen LogP contribution in [-0.4, -0.2) is 25.0 Å². The molecule has 0 saturated carbocycles. The van der Waals surface area contributed by atoms with Crippen LogP contribution in [0.15, 0.2) is 42.5 Å². The van der Waals surface area contributed by atoms with E-state index in [0.29, 0.717) is 0 Å². The van der Waals surface area contributed by atoms with Gasteiger partial charge in [0.25, 0.3) is 0 Å². The molecule has 4 nitrogen and oxygen atoms in total. The Hall–Kier alpha value is -2.63. The largest absolute Gasteiger partial charge is 0.374 e. The molecule has 0 unspecified atom stereocenters. The zero-order valence-corrected chi connectivity index (χ0v) is 15.6. The summed E-state index contributed by atoms with van der Waals surface area (Å²) in [6.07, 6.45) is 2.40. The minimum Gasteiger partial charge on any atom is -0.374 e. The molecule has 2 aromatic rings. The second-order valence-electron chi connectivity index (χ2n) is 7.17. The van der Waals surface area contributed by atoms with E-state index in [1.807, 2.05) is 24.3 Å². The lowest BCUT2D eigenvalue weighted by Crippen LogP contribution is -2.33. The van der Waals surface area contributed by atoms with Crippen LogP contribution in [0.1, 0.15) is 26.7 Å². The number of nitrogens with one attached hydrogen (secondary N) is 2. The molecule has 0 aromatic heterocycles. The molecule has 0 radical (unpaired) electrons. The molecule has 1 amide bonds. The molecule has 1 heterocycles. The van der Waals surface area contributed by atoms with Gasteiger partial charge < -0.3 is 15.5 Å². The maximum atomic E-state index is 13.7. The summed E-state index contributed by atoms with van der Waals surface area (Å²) in [6, 6.07) is 10.7. The van der Waals surface area contributed by atoms with Gasteiger partial charge in [-0.3, -0.25) is 4.79 Å². The molecule has 27 heavy (non-hydrogen) atoms. The van der Waals surface area contributed by atoms with Crippen LogP contribution in [0, 0.1) is 17.6 Å². The van der Waals surface area contributed by atoms with Gasteiger partial charge in [0.05, 0.1) is 0 Å². The molecule has 0 bridgehead atoms. The molecule has 1 saturated heterocycles. The highest BCUT2D eigenvalue weighted by Gasteiger charge is 2.18. The standard InChI is InChI=1S/C21H25F2N3O/c1-14-10-12-26(13-11-14)17-8-6-16(7-9-17)24-15(2)21(27)25-20-18(22)4-3-5-19(20)23/h3-9,14-15,24H,10-13H2,1-2H3,(H,25,27)/t15-/m1/s1. The predicted octanol–water partition coefficient (Wildman–Crippen LogP) is 4.64. The number of amides is 1. The van der Waals surface area contributed by atoms with E-state index in [0.717, 1.165) is 42.5 Å². The Balaban J connectivity index is 1.59. The van der Waals surface area contributed by atoms with Gasteiger partial charge >= 0.3 is 0 Å². The first-order chi connectivity index (χ1) is 12.9. The Morgan fingerprint density at radius 2 is 1.67 bits per heavy atom. The van der Waals surface area contributed by atoms with Gasteiger partial charge in [0.15, 0.2) is 0 Å². The molecular formula is C21H25F2N3O. The van der Waals surface area contributed by atoms with Crippen LogP contribution in [-0.2, 0) is 4.79 Å². The maximum Gasteiger partial charge on any atom is 0.246 e. The third-order valence-electron chi connectivity index (χ3n) is 5.00. The number of carbonyl (C=O) groups excluding carboxylic acids is 1. The van der Waals surface area contributed by atoms with Gasteiger partial charge in [-0.2, -0.15) is 0 Å². The molecule has 1 atom stereocenters. The summed E-state index contributed by atoms with van der Waals surface area (Å²) in [6.45, 7) is 6.04. The van der Waals surface area contributed by atoms with Crippen molar-refractivity contribution in [2.75, 3.05) is 28.6 Å². The average Bonchev–Trinajstić information content (AvgIpc) is 2.66. The van der Waals surface area contributed by atoms with Crippen molar-refractivity contribution in [1.29, 1.82) is 0 Å². The van der Waals surface area contributed by atoms with E-state index >= 15 is 0 Å². The van der Waals surface area contributed by atoms with Crippen LogP contribution in [0.3, 0.4) is 0 Å². The van der Waals surface area contributed by atoms with Crippen molar-refractivity contribution in [2.45, 2.75) is 32.7 Å². The maximum absolute atomic E-state index is 13.7. The first-order valence-electron chi connectivity index (χ1n) is 9.30. The zero-order valence-electron chi connectivity index (χ0n) is 15.6. The topological polar surface area (TPSA) is 44.4 Å². The lowest BCUT2D eigenvalue weighted by molar-refractivity contribution is -0.116. The van der Waals surface area contributed by atoms with Crippen LogP contribution in [0.4, 0.5) is 25.8 Å². The third kappa shape index (κ3) is 4.76. The van der Waals surface area contributed by atoms with Crippen LogP contribution >= 0.6 is 0 Å². The number of nitrogens with zero attached hydrogens (tertiary/aromatic N) is 1. The molecule has 1 fully saturated rings. The smallest absolute Gasteiger partial charge is 0.246 e. The van der Waals surface area contributed by atoms with Crippen molar-refractivity contribution in [1.82, 2.24) is 0 Å². The Labute approximate surface area is 158 Å². The Morgan fingerprint density at radius 1 is 1.07 bits per heavy atom. The molecule has 0 spiro atoms. The number of piperidine rings is 1. The minimum atomic E-state index is -0.796. The van der Waals surface area contributed by atoms with E-state index in [9.17, 15) is 13.6 Å². The summed E-state index contributed by atoms with van der Waals surface area (Å²) in [7, 11) is 0. The molecular weight excluding hydrogens is 348 g/mol. The van der Waals surface area contributed by atoms with Crippen molar-refractivity contribution in [3.8, 4) is 0 Å². The second kappa shape index (κ2) is 8.37. The Morgan fingerprint density at radius 3 is 2.26 bits per heavy atom. The molecule has 1 aliphatic rings. The van der Waals surface area contributed by atoms with Crippen LogP contribution in [0.2, 0.25) is 0 Å². The molecule has 2 aromatic carbocycles. The fraction of sp³-hybridized carbons (Fsp3) is 0.381. The summed E-state index contributed by atoms with van der Waals surface area (Å²) in [5.74, 6) is -1.32. The van der Waals surface area contributed by atoms with E-state index < -0.39 is 29.3 Å². The highest BCUT2D eigenvalue weighted by molar-refractivity contribution is 5.96. The van der Waals surface area contributed by atoms with E-state index in [1.54, 1.807) is 6.92 Å². The van der Waals surface area contributed by atoms with Crippen LogP contribution in [0.5, 0.6) is 0 Å². The number of halogens is 2. The number of para-hydroxylation sites is 1. The van der Waals surface area contributed by atoms with Gasteiger partial charge in [0, 0.05) is 24.5 Å². The number of benzene rings is 2. The highest BCUT2D eigenvalue weighted by atomic mass is 19.1. The summed E-state index contributed by atoms with van der Waals surface area (Å²) in [4.78, 5) is 14.6. The summed E-state index contributed by atoms with van der Waals surface area (Å²) in [5.41, 5.74) is 1.52. The van der Waals surface area contributed by atoms with E-state index in [-0.39, 0.29) is 0 Å². The second-order valence-corrected chi connectivity index (χ2v) is 7.17. The van der Waals surface area contributed by atoms with E-state index in [2.05, 4.69) is 22.5 Å². The van der Waals surface area contributed by atoms with Crippen molar-refractivity contribution in [3.63, 3.8) is 0 Å². The summed E-state index contributed by atoms with van der Waals surface area (Å²) >= 11 is 0. The number of rotatable bonds is 5. The summed E-state index contributed by atoms with van der Waals surface area (Å²) in [5, 5.41) is 5.37. The van der Waals surface area contributed by atoms with Gasteiger partial charge in [0.2, 0.25) is 5.91 Å². The number of anilines is 3. The molecule has 3 rings (SSSR count). The van der Waals surface area contributed by atoms with Gasteiger partial charge in [-0.1, -0.05) is 13.0 Å². The lowest BCUT2D eigenvalue weighted by atomic mass is 9.99. The average molecular weight is 373 g/mol.